The van der Waals surface area contributed by atoms with Crippen molar-refractivity contribution in [3.63, 3.8) is 0 Å². The second-order valence-electron chi connectivity index (χ2n) is 6.27. The number of para-hydroxylation sites is 1. The summed E-state index contributed by atoms with van der Waals surface area (Å²) in [5.41, 5.74) is 4.58. The highest BCUT2D eigenvalue weighted by Gasteiger charge is 2.06. The number of fused-ring (bicyclic) bond motifs is 2. The van der Waals surface area contributed by atoms with Gasteiger partial charge in [-0.15, -0.1) is 0 Å². The number of aromatic nitrogens is 1. The molecule has 1 aromatic heterocycles. The Morgan fingerprint density at radius 2 is 1.78 bits per heavy atom. The van der Waals surface area contributed by atoms with Gasteiger partial charge in [0.15, 0.2) is 6.61 Å². The molecule has 0 saturated heterocycles. The average Bonchev–Trinajstić information content (AvgIpc) is 3.02. The minimum Gasteiger partial charge on any atom is -0.483 e. The summed E-state index contributed by atoms with van der Waals surface area (Å²) < 4.78 is 7.70. The van der Waals surface area contributed by atoms with E-state index in [-0.39, 0.29) is 12.5 Å². The van der Waals surface area contributed by atoms with Crippen LogP contribution >= 0.6 is 0 Å². The van der Waals surface area contributed by atoms with Gasteiger partial charge in [-0.2, -0.15) is 5.10 Å². The third-order valence-electron chi connectivity index (χ3n) is 4.43. The van der Waals surface area contributed by atoms with Crippen molar-refractivity contribution in [3.8, 4) is 5.75 Å². The maximum atomic E-state index is 12.1. The normalized spacial score (nSPS) is 11.3. The van der Waals surface area contributed by atoms with Crippen LogP contribution < -0.4 is 10.2 Å². The van der Waals surface area contributed by atoms with Gasteiger partial charge in [0.1, 0.15) is 5.75 Å². The topological polar surface area (TPSA) is 55.6 Å². The zero-order chi connectivity index (χ0) is 18.6. The lowest BCUT2D eigenvalue weighted by molar-refractivity contribution is -0.123. The first-order valence-electron chi connectivity index (χ1n) is 8.69. The number of nitrogens with zero attached hydrogens (tertiary/aromatic N) is 2. The summed E-state index contributed by atoms with van der Waals surface area (Å²) >= 11 is 0. The van der Waals surface area contributed by atoms with Gasteiger partial charge in [-0.25, -0.2) is 5.43 Å². The first-order valence-corrected chi connectivity index (χ1v) is 8.69. The molecule has 0 spiro atoms. The van der Waals surface area contributed by atoms with Gasteiger partial charge in [0.05, 0.1) is 6.21 Å². The van der Waals surface area contributed by atoms with Crippen molar-refractivity contribution in [3.05, 3.63) is 78.5 Å². The molecule has 1 heterocycles. The quantitative estimate of drug-likeness (QED) is 0.436. The summed E-state index contributed by atoms with van der Waals surface area (Å²) in [6, 6.07) is 21.7. The van der Waals surface area contributed by atoms with Crippen molar-refractivity contribution in [2.75, 3.05) is 6.61 Å². The monoisotopic (exact) mass is 357 g/mol. The molecule has 0 bridgehead atoms. The minimum absolute atomic E-state index is 0.0963. The molecule has 1 amide bonds. The van der Waals surface area contributed by atoms with Crippen LogP contribution in [0.1, 0.15) is 5.56 Å². The second-order valence-corrected chi connectivity index (χ2v) is 6.27. The van der Waals surface area contributed by atoms with Crippen LogP contribution in [0.2, 0.25) is 0 Å². The minimum atomic E-state index is -0.306. The Bertz CT molecular complexity index is 1140. The second kappa shape index (κ2) is 7.33. The molecule has 5 nitrogen and oxygen atoms in total. The smallest absolute Gasteiger partial charge is 0.277 e. The van der Waals surface area contributed by atoms with E-state index in [1.165, 1.54) is 0 Å². The van der Waals surface area contributed by atoms with Crippen LogP contribution in [0.15, 0.2) is 78.0 Å². The third-order valence-corrected chi connectivity index (χ3v) is 4.43. The molecule has 0 saturated carbocycles. The van der Waals surface area contributed by atoms with Crippen LogP contribution in [0, 0.1) is 0 Å². The SMILES string of the molecule is Cn1cc(/C=N/NC(=O)COc2cccc3ccccc23)c2ccccc21. The standard InChI is InChI=1S/C22H19N3O2/c1-25-14-17(18-9-4-5-11-20(18)25)13-23-24-22(26)15-27-21-12-6-8-16-7-2-3-10-19(16)21/h2-14H,15H2,1H3,(H,24,26)/b23-13+. The Hall–Kier alpha value is -3.60. The molecule has 0 atom stereocenters. The van der Waals surface area contributed by atoms with Gasteiger partial charge in [-0.3, -0.25) is 4.79 Å². The van der Waals surface area contributed by atoms with Crippen molar-refractivity contribution in [2.24, 2.45) is 12.1 Å². The van der Waals surface area contributed by atoms with Crippen molar-refractivity contribution in [1.82, 2.24) is 9.99 Å². The Morgan fingerprint density at radius 3 is 2.67 bits per heavy atom. The Kier molecular flexibility index (Phi) is 4.58. The number of hydrogen-bond acceptors (Lipinski definition) is 3. The lowest BCUT2D eigenvalue weighted by atomic mass is 10.1. The zero-order valence-electron chi connectivity index (χ0n) is 14.9. The highest BCUT2D eigenvalue weighted by molar-refractivity contribution is 5.99. The number of aryl methyl sites for hydroxylation is 1. The van der Waals surface area contributed by atoms with Gasteiger partial charge in [0.2, 0.25) is 0 Å². The van der Waals surface area contributed by atoms with E-state index in [1.54, 1.807) is 6.21 Å². The number of hydrazone groups is 1. The summed E-state index contributed by atoms with van der Waals surface area (Å²) in [5.74, 6) is 0.376. The molecule has 0 fully saturated rings. The van der Waals surface area contributed by atoms with Crippen LogP contribution in [-0.4, -0.2) is 23.3 Å². The Morgan fingerprint density at radius 1 is 1.04 bits per heavy atom. The van der Waals surface area contributed by atoms with Crippen molar-refractivity contribution in [2.45, 2.75) is 0 Å². The van der Waals surface area contributed by atoms with Crippen molar-refractivity contribution < 1.29 is 9.53 Å². The Balaban J connectivity index is 1.40. The van der Waals surface area contributed by atoms with Gasteiger partial charge in [-0.05, 0) is 17.5 Å². The summed E-state index contributed by atoms with van der Waals surface area (Å²) in [7, 11) is 1.98. The van der Waals surface area contributed by atoms with Crippen molar-refractivity contribution >= 4 is 33.8 Å². The van der Waals surface area contributed by atoms with Crippen LogP contribution in [0.25, 0.3) is 21.7 Å². The van der Waals surface area contributed by atoms with E-state index in [2.05, 4.69) is 10.5 Å². The number of rotatable bonds is 5. The summed E-state index contributed by atoms with van der Waals surface area (Å²) in [5, 5.41) is 7.20. The molecular formula is C22H19N3O2. The summed E-state index contributed by atoms with van der Waals surface area (Å²) in [6.07, 6.45) is 3.63. The maximum Gasteiger partial charge on any atom is 0.277 e. The molecule has 0 aliphatic rings. The highest BCUT2D eigenvalue weighted by Crippen LogP contribution is 2.25. The van der Waals surface area contributed by atoms with Crippen LogP contribution in [0.4, 0.5) is 0 Å². The molecule has 5 heteroatoms. The predicted molar refractivity (Wildman–Crippen MR) is 108 cm³/mol. The van der Waals surface area contributed by atoms with Crippen LogP contribution in [0.3, 0.4) is 0 Å². The van der Waals surface area contributed by atoms with Gasteiger partial charge in [-0.1, -0.05) is 54.6 Å². The molecule has 0 aliphatic carbocycles. The molecule has 0 radical (unpaired) electrons. The average molecular weight is 357 g/mol. The molecule has 134 valence electrons. The number of nitrogens with one attached hydrogen (secondary N) is 1. The van der Waals surface area contributed by atoms with E-state index < -0.39 is 0 Å². The van der Waals surface area contributed by atoms with E-state index in [9.17, 15) is 4.79 Å². The molecular weight excluding hydrogens is 338 g/mol. The van der Waals surface area contributed by atoms with E-state index in [0.29, 0.717) is 5.75 Å². The fraction of sp³-hybridized carbons (Fsp3) is 0.0909. The lowest BCUT2D eigenvalue weighted by Gasteiger charge is -2.08. The number of carbonyl (C=O) groups excluding carboxylic acids is 1. The molecule has 1 N–H and O–H groups in total. The van der Waals surface area contributed by atoms with Gasteiger partial charge >= 0.3 is 0 Å². The van der Waals surface area contributed by atoms with E-state index >= 15 is 0 Å². The van der Waals surface area contributed by atoms with Crippen LogP contribution in [-0.2, 0) is 11.8 Å². The first-order chi connectivity index (χ1) is 13.2. The van der Waals surface area contributed by atoms with Gasteiger partial charge in [0, 0.05) is 35.1 Å². The predicted octanol–water partition coefficient (Wildman–Crippen LogP) is 3.86. The van der Waals surface area contributed by atoms with Crippen LogP contribution in [0.5, 0.6) is 5.75 Å². The van der Waals surface area contributed by atoms with E-state index in [1.807, 2.05) is 84.5 Å². The third kappa shape index (κ3) is 3.53. The molecule has 0 unspecified atom stereocenters. The summed E-state index contributed by atoms with van der Waals surface area (Å²) in [4.78, 5) is 12.1. The van der Waals surface area contributed by atoms with E-state index in [4.69, 9.17) is 4.74 Å². The Labute approximate surface area is 156 Å². The molecule has 3 aromatic carbocycles. The largest absolute Gasteiger partial charge is 0.483 e. The molecule has 27 heavy (non-hydrogen) atoms. The van der Waals surface area contributed by atoms with E-state index in [0.717, 1.165) is 27.2 Å². The number of benzene rings is 3. The fourth-order valence-corrected chi connectivity index (χ4v) is 3.15. The molecule has 4 aromatic rings. The number of hydrogen-bond donors (Lipinski definition) is 1. The molecule has 4 rings (SSSR count). The summed E-state index contributed by atoms with van der Waals surface area (Å²) in [6.45, 7) is -0.0963. The first kappa shape index (κ1) is 16.8. The highest BCUT2D eigenvalue weighted by atomic mass is 16.5. The van der Waals surface area contributed by atoms with Gasteiger partial charge in [0.25, 0.3) is 5.91 Å². The lowest BCUT2D eigenvalue weighted by Crippen LogP contribution is -2.24. The fourth-order valence-electron chi connectivity index (χ4n) is 3.15. The number of amides is 1. The van der Waals surface area contributed by atoms with Gasteiger partial charge < -0.3 is 9.30 Å². The number of ether oxygens (including phenoxy) is 1. The zero-order valence-corrected chi connectivity index (χ0v) is 14.9. The van der Waals surface area contributed by atoms with Crippen molar-refractivity contribution in [1.29, 1.82) is 0 Å². The number of carbonyl (C=O) groups is 1. The maximum absolute atomic E-state index is 12.1. The molecule has 0 aliphatic heterocycles.